The third-order valence-corrected chi connectivity index (χ3v) is 4.69. The van der Waals surface area contributed by atoms with Crippen LogP contribution in [-0.4, -0.2) is 5.91 Å². The van der Waals surface area contributed by atoms with E-state index >= 15 is 0 Å². The Morgan fingerprint density at radius 2 is 1.58 bits per heavy atom. The Bertz CT molecular complexity index is 629. The standard InChI is InChI=1S/C13H7Br2Cl2NO/c14-8-3-1-7(2-4-8)13(19)18-10-6-5-9(15)11(16)12(10)17/h1-6H,(H,18,19). The molecule has 2 aromatic carbocycles. The van der Waals surface area contributed by atoms with Crippen LogP contribution in [0.2, 0.25) is 10.0 Å². The van der Waals surface area contributed by atoms with E-state index in [4.69, 9.17) is 23.2 Å². The highest BCUT2D eigenvalue weighted by molar-refractivity contribution is 9.10. The molecule has 0 saturated heterocycles. The number of amides is 1. The van der Waals surface area contributed by atoms with Crippen LogP contribution in [0, 0.1) is 0 Å². The topological polar surface area (TPSA) is 29.1 Å². The number of benzene rings is 2. The van der Waals surface area contributed by atoms with E-state index in [1.807, 2.05) is 0 Å². The van der Waals surface area contributed by atoms with Gasteiger partial charge in [-0.15, -0.1) is 0 Å². The quantitative estimate of drug-likeness (QED) is 0.610. The average Bonchev–Trinajstić information content (AvgIpc) is 2.40. The minimum absolute atomic E-state index is 0.243. The van der Waals surface area contributed by atoms with Crippen molar-refractivity contribution in [3.05, 3.63) is 61.0 Å². The number of nitrogens with one attached hydrogen (secondary N) is 1. The summed E-state index contributed by atoms with van der Waals surface area (Å²) in [4.78, 5) is 12.0. The molecule has 0 aliphatic carbocycles. The fraction of sp³-hybridized carbons (Fsp3) is 0. The molecule has 98 valence electrons. The molecule has 0 aliphatic heterocycles. The number of halogens is 4. The number of carbonyl (C=O) groups excluding carboxylic acids is 1. The van der Waals surface area contributed by atoms with Crippen molar-refractivity contribution in [2.75, 3.05) is 5.32 Å². The molecule has 2 rings (SSSR count). The smallest absolute Gasteiger partial charge is 0.255 e. The van der Waals surface area contributed by atoms with Gasteiger partial charge < -0.3 is 5.32 Å². The van der Waals surface area contributed by atoms with Crippen molar-refractivity contribution in [1.29, 1.82) is 0 Å². The first kappa shape index (κ1) is 14.9. The van der Waals surface area contributed by atoms with Crippen molar-refractivity contribution >= 4 is 66.7 Å². The Labute approximate surface area is 137 Å². The zero-order valence-electron chi connectivity index (χ0n) is 9.38. The van der Waals surface area contributed by atoms with Crippen LogP contribution >= 0.6 is 55.1 Å². The maximum atomic E-state index is 12.0. The minimum Gasteiger partial charge on any atom is -0.321 e. The van der Waals surface area contributed by atoms with Crippen molar-refractivity contribution in [1.82, 2.24) is 0 Å². The predicted octanol–water partition coefficient (Wildman–Crippen LogP) is 5.77. The molecule has 19 heavy (non-hydrogen) atoms. The van der Waals surface area contributed by atoms with E-state index in [0.717, 1.165) is 4.47 Å². The molecule has 6 heteroatoms. The third-order valence-electron chi connectivity index (χ3n) is 2.39. The van der Waals surface area contributed by atoms with Crippen LogP contribution < -0.4 is 5.32 Å². The number of anilines is 1. The summed E-state index contributed by atoms with van der Waals surface area (Å²) in [5.41, 5.74) is 1.01. The Kier molecular flexibility index (Phi) is 4.90. The van der Waals surface area contributed by atoms with Gasteiger partial charge in [0.25, 0.3) is 5.91 Å². The van der Waals surface area contributed by atoms with E-state index in [-0.39, 0.29) is 5.91 Å². The van der Waals surface area contributed by atoms with Crippen LogP contribution in [0.3, 0.4) is 0 Å². The monoisotopic (exact) mass is 421 g/mol. The maximum Gasteiger partial charge on any atom is 0.255 e. The van der Waals surface area contributed by atoms with E-state index < -0.39 is 0 Å². The summed E-state index contributed by atoms with van der Waals surface area (Å²) in [7, 11) is 0. The van der Waals surface area contributed by atoms with Gasteiger partial charge >= 0.3 is 0 Å². The molecule has 0 heterocycles. The van der Waals surface area contributed by atoms with Gasteiger partial charge in [0.2, 0.25) is 0 Å². The summed E-state index contributed by atoms with van der Waals surface area (Å²) in [6, 6.07) is 10.4. The summed E-state index contributed by atoms with van der Waals surface area (Å²) < 4.78 is 1.59. The molecule has 1 N–H and O–H groups in total. The van der Waals surface area contributed by atoms with Crippen molar-refractivity contribution in [3.8, 4) is 0 Å². The van der Waals surface area contributed by atoms with E-state index in [9.17, 15) is 4.79 Å². The average molecular weight is 424 g/mol. The molecule has 2 nitrogen and oxygen atoms in total. The lowest BCUT2D eigenvalue weighted by Crippen LogP contribution is -2.12. The van der Waals surface area contributed by atoms with Gasteiger partial charge in [-0.1, -0.05) is 39.1 Å². The molecule has 0 atom stereocenters. The number of rotatable bonds is 2. The maximum absolute atomic E-state index is 12.0. The molecule has 0 fully saturated rings. The molecule has 0 spiro atoms. The first-order chi connectivity index (χ1) is 8.99. The minimum atomic E-state index is -0.243. The summed E-state index contributed by atoms with van der Waals surface area (Å²) in [6.07, 6.45) is 0. The molecule has 1 amide bonds. The van der Waals surface area contributed by atoms with Crippen LogP contribution in [0.25, 0.3) is 0 Å². The van der Waals surface area contributed by atoms with E-state index in [2.05, 4.69) is 37.2 Å². The van der Waals surface area contributed by atoms with Crippen LogP contribution in [-0.2, 0) is 0 Å². The molecule has 0 bridgehead atoms. The number of hydrogen-bond donors (Lipinski definition) is 1. The zero-order chi connectivity index (χ0) is 14.0. The van der Waals surface area contributed by atoms with Crippen LogP contribution in [0.1, 0.15) is 10.4 Å². The van der Waals surface area contributed by atoms with Crippen LogP contribution in [0.15, 0.2) is 45.3 Å². The van der Waals surface area contributed by atoms with Gasteiger partial charge in [0, 0.05) is 14.5 Å². The molecule has 0 radical (unpaired) electrons. The lowest BCUT2D eigenvalue weighted by atomic mass is 10.2. The van der Waals surface area contributed by atoms with E-state index in [1.54, 1.807) is 36.4 Å². The Morgan fingerprint density at radius 1 is 0.947 bits per heavy atom. The first-order valence-electron chi connectivity index (χ1n) is 5.19. The Balaban J connectivity index is 2.24. The van der Waals surface area contributed by atoms with Crippen LogP contribution in [0.5, 0.6) is 0 Å². The van der Waals surface area contributed by atoms with E-state index in [1.165, 1.54) is 0 Å². The fourth-order valence-corrected chi connectivity index (χ4v) is 2.50. The first-order valence-corrected chi connectivity index (χ1v) is 7.53. The van der Waals surface area contributed by atoms with Gasteiger partial charge in [-0.3, -0.25) is 4.79 Å². The normalized spacial score (nSPS) is 10.3. The second-order valence-corrected chi connectivity index (χ2v) is 6.21. The van der Waals surface area contributed by atoms with Crippen molar-refractivity contribution < 1.29 is 4.79 Å². The van der Waals surface area contributed by atoms with Crippen molar-refractivity contribution in [2.24, 2.45) is 0 Å². The van der Waals surface area contributed by atoms with Crippen molar-refractivity contribution in [3.63, 3.8) is 0 Å². The molecular weight excluding hydrogens is 417 g/mol. The number of carbonyl (C=O) groups is 1. The zero-order valence-corrected chi connectivity index (χ0v) is 14.1. The van der Waals surface area contributed by atoms with Crippen molar-refractivity contribution in [2.45, 2.75) is 0 Å². The lowest BCUT2D eigenvalue weighted by Gasteiger charge is -2.09. The summed E-state index contributed by atoms with van der Waals surface area (Å²) >= 11 is 18.6. The van der Waals surface area contributed by atoms with Gasteiger partial charge in [-0.2, -0.15) is 0 Å². The molecule has 0 unspecified atom stereocenters. The summed E-state index contributed by atoms with van der Waals surface area (Å²) in [5.74, 6) is -0.243. The third kappa shape index (κ3) is 3.51. The molecule has 2 aromatic rings. The predicted molar refractivity (Wildman–Crippen MR) is 86.3 cm³/mol. The largest absolute Gasteiger partial charge is 0.321 e. The lowest BCUT2D eigenvalue weighted by molar-refractivity contribution is 0.102. The molecule has 0 saturated carbocycles. The van der Waals surface area contributed by atoms with Gasteiger partial charge in [-0.05, 0) is 52.3 Å². The van der Waals surface area contributed by atoms with Gasteiger partial charge in [-0.25, -0.2) is 0 Å². The molecular formula is C13H7Br2Cl2NO. The van der Waals surface area contributed by atoms with Gasteiger partial charge in [0.05, 0.1) is 15.7 Å². The Morgan fingerprint density at radius 3 is 2.21 bits per heavy atom. The second kappa shape index (κ2) is 6.27. The van der Waals surface area contributed by atoms with Gasteiger partial charge in [0.1, 0.15) is 0 Å². The summed E-state index contributed by atoms with van der Waals surface area (Å²) in [5, 5.41) is 3.40. The fourth-order valence-electron chi connectivity index (χ4n) is 1.42. The highest BCUT2D eigenvalue weighted by Crippen LogP contribution is 2.35. The van der Waals surface area contributed by atoms with Gasteiger partial charge in [0.15, 0.2) is 0 Å². The molecule has 0 aliphatic rings. The summed E-state index contributed by atoms with van der Waals surface area (Å²) in [6.45, 7) is 0. The Hall–Kier alpha value is -0.550. The second-order valence-electron chi connectivity index (χ2n) is 3.68. The number of hydrogen-bond acceptors (Lipinski definition) is 1. The van der Waals surface area contributed by atoms with E-state index in [0.29, 0.717) is 25.8 Å². The SMILES string of the molecule is O=C(Nc1ccc(Br)c(Cl)c1Cl)c1ccc(Br)cc1. The highest BCUT2D eigenvalue weighted by atomic mass is 79.9. The van der Waals surface area contributed by atoms with Crippen LogP contribution in [0.4, 0.5) is 5.69 Å². The highest BCUT2D eigenvalue weighted by Gasteiger charge is 2.12. The molecule has 0 aromatic heterocycles.